The summed E-state index contributed by atoms with van der Waals surface area (Å²) >= 11 is 0. The van der Waals surface area contributed by atoms with E-state index < -0.39 is 6.10 Å². The van der Waals surface area contributed by atoms with Crippen LogP contribution in [0.3, 0.4) is 0 Å². The predicted octanol–water partition coefficient (Wildman–Crippen LogP) is 2.14. The Labute approximate surface area is 97.2 Å². The van der Waals surface area contributed by atoms with E-state index in [4.69, 9.17) is 4.74 Å². The molecule has 16 heavy (non-hydrogen) atoms. The van der Waals surface area contributed by atoms with Crippen molar-refractivity contribution in [3.8, 4) is 0 Å². The number of nitrogens with zero attached hydrogens (tertiary/aromatic N) is 2. The summed E-state index contributed by atoms with van der Waals surface area (Å²) in [4.78, 5) is 0. The molecule has 1 aromatic heterocycles. The molecule has 0 aromatic carbocycles. The maximum Gasteiger partial charge on any atom is 0.0817 e. The van der Waals surface area contributed by atoms with Gasteiger partial charge in [0.2, 0.25) is 0 Å². The van der Waals surface area contributed by atoms with Crippen molar-refractivity contribution < 1.29 is 9.84 Å². The summed E-state index contributed by atoms with van der Waals surface area (Å²) < 4.78 is 7.41. The van der Waals surface area contributed by atoms with E-state index in [2.05, 4.69) is 5.10 Å². The van der Waals surface area contributed by atoms with Gasteiger partial charge in [0.25, 0.3) is 0 Å². The number of rotatable bonds is 5. The maximum atomic E-state index is 9.61. The summed E-state index contributed by atoms with van der Waals surface area (Å²) in [6, 6.07) is 0. The third kappa shape index (κ3) is 4.33. The lowest BCUT2D eigenvalue weighted by molar-refractivity contribution is -0.00792. The van der Waals surface area contributed by atoms with Gasteiger partial charge in [-0.2, -0.15) is 5.10 Å². The molecule has 1 heterocycles. The minimum absolute atomic E-state index is 0.112. The highest BCUT2D eigenvalue weighted by molar-refractivity contribution is 5.07. The molecular formula is C12H22N2O2. The summed E-state index contributed by atoms with van der Waals surface area (Å²) in [6.07, 6.45) is 3.90. The van der Waals surface area contributed by atoms with Crippen LogP contribution in [0, 0.1) is 0 Å². The summed E-state index contributed by atoms with van der Waals surface area (Å²) in [5.41, 5.74) is 0.761. The molecule has 0 radical (unpaired) electrons. The van der Waals surface area contributed by atoms with Gasteiger partial charge >= 0.3 is 0 Å². The van der Waals surface area contributed by atoms with Crippen LogP contribution in [0.15, 0.2) is 12.4 Å². The van der Waals surface area contributed by atoms with Gasteiger partial charge in [-0.25, -0.2) is 0 Å². The molecule has 1 rings (SSSR count). The Balaban J connectivity index is 2.41. The number of aliphatic hydroxyl groups is 1. The summed E-state index contributed by atoms with van der Waals surface area (Å²) in [5.74, 6) is 0. The van der Waals surface area contributed by atoms with E-state index in [1.54, 1.807) is 10.9 Å². The third-order valence-corrected chi connectivity index (χ3v) is 2.28. The molecule has 4 heteroatoms. The number of aromatic nitrogens is 2. The van der Waals surface area contributed by atoms with Crippen LogP contribution in [0.2, 0.25) is 0 Å². The predicted molar refractivity (Wildman–Crippen MR) is 63.2 cm³/mol. The Kier molecular flexibility index (Phi) is 4.50. The van der Waals surface area contributed by atoms with Crippen LogP contribution in [0.1, 0.15) is 45.8 Å². The van der Waals surface area contributed by atoms with E-state index in [1.807, 2.05) is 33.9 Å². The molecule has 4 nitrogen and oxygen atoms in total. The minimum Gasteiger partial charge on any atom is -0.388 e. The first kappa shape index (κ1) is 13.2. The number of hydrogen-bond acceptors (Lipinski definition) is 3. The lowest BCUT2D eigenvalue weighted by atomic mass is 10.2. The molecule has 1 N–H and O–H groups in total. The number of aliphatic hydroxyl groups excluding tert-OH is 1. The zero-order valence-corrected chi connectivity index (χ0v) is 10.6. The van der Waals surface area contributed by atoms with Gasteiger partial charge in [-0.05, 0) is 27.2 Å². The molecule has 0 aliphatic carbocycles. The Hall–Kier alpha value is -0.870. The van der Waals surface area contributed by atoms with Gasteiger partial charge in [0.1, 0.15) is 0 Å². The second-order valence-corrected chi connectivity index (χ2v) is 4.92. The van der Waals surface area contributed by atoms with Crippen molar-refractivity contribution in [2.24, 2.45) is 0 Å². The smallest absolute Gasteiger partial charge is 0.0817 e. The monoisotopic (exact) mass is 226 g/mol. The van der Waals surface area contributed by atoms with Crippen molar-refractivity contribution >= 4 is 0 Å². The van der Waals surface area contributed by atoms with Crippen LogP contribution in [0.4, 0.5) is 0 Å². The van der Waals surface area contributed by atoms with E-state index in [1.165, 1.54) is 0 Å². The van der Waals surface area contributed by atoms with Gasteiger partial charge in [0, 0.05) is 11.8 Å². The van der Waals surface area contributed by atoms with Crippen LogP contribution in [-0.2, 0) is 11.3 Å². The molecule has 0 bridgehead atoms. The van der Waals surface area contributed by atoms with Crippen LogP contribution >= 0.6 is 0 Å². The summed E-state index contributed by atoms with van der Waals surface area (Å²) in [5, 5.41) is 13.8. The van der Waals surface area contributed by atoms with Crippen LogP contribution in [-0.4, -0.2) is 27.1 Å². The zero-order chi connectivity index (χ0) is 12.2. The van der Waals surface area contributed by atoms with E-state index in [0.29, 0.717) is 19.6 Å². The number of ether oxygens (including phenoxy) is 1. The highest BCUT2D eigenvalue weighted by atomic mass is 16.5. The molecular weight excluding hydrogens is 204 g/mol. The highest BCUT2D eigenvalue weighted by Crippen LogP contribution is 2.14. The molecule has 0 aliphatic rings. The lowest BCUT2D eigenvalue weighted by Crippen LogP contribution is -2.22. The zero-order valence-electron chi connectivity index (χ0n) is 10.6. The second-order valence-electron chi connectivity index (χ2n) is 4.92. The van der Waals surface area contributed by atoms with Crippen molar-refractivity contribution in [2.75, 3.05) is 6.61 Å². The van der Waals surface area contributed by atoms with E-state index in [-0.39, 0.29) is 5.60 Å². The van der Waals surface area contributed by atoms with Gasteiger partial charge in [-0.1, -0.05) is 6.92 Å². The van der Waals surface area contributed by atoms with Gasteiger partial charge < -0.3 is 9.84 Å². The van der Waals surface area contributed by atoms with E-state index in [9.17, 15) is 5.11 Å². The average Bonchev–Trinajstić information content (AvgIpc) is 2.63. The molecule has 0 saturated carbocycles. The van der Waals surface area contributed by atoms with E-state index in [0.717, 1.165) is 5.56 Å². The molecule has 0 fully saturated rings. The fourth-order valence-electron chi connectivity index (χ4n) is 1.35. The van der Waals surface area contributed by atoms with Gasteiger partial charge in [0.05, 0.1) is 31.1 Å². The minimum atomic E-state index is -0.405. The fourth-order valence-corrected chi connectivity index (χ4v) is 1.35. The Bertz CT molecular complexity index is 315. The SMILES string of the molecule is CCC(O)c1cnn(CCOC(C)(C)C)c1. The lowest BCUT2D eigenvalue weighted by Gasteiger charge is -2.19. The van der Waals surface area contributed by atoms with Crippen molar-refractivity contribution in [1.82, 2.24) is 9.78 Å². The second kappa shape index (κ2) is 5.46. The summed E-state index contributed by atoms with van der Waals surface area (Å²) in [6.45, 7) is 9.39. The standard InChI is InChI=1S/C12H22N2O2/c1-5-11(15)10-8-13-14(9-10)6-7-16-12(2,3)4/h8-9,11,15H,5-7H2,1-4H3. The van der Waals surface area contributed by atoms with Crippen LogP contribution < -0.4 is 0 Å². The Morgan fingerprint density at radius 3 is 2.75 bits per heavy atom. The van der Waals surface area contributed by atoms with Gasteiger partial charge in [-0.15, -0.1) is 0 Å². The molecule has 0 amide bonds. The first-order valence-electron chi connectivity index (χ1n) is 5.77. The number of hydrogen-bond donors (Lipinski definition) is 1. The first-order chi connectivity index (χ1) is 7.42. The van der Waals surface area contributed by atoms with Crippen molar-refractivity contribution in [2.45, 2.75) is 52.4 Å². The molecule has 1 aromatic rings. The Morgan fingerprint density at radius 1 is 1.50 bits per heavy atom. The molecule has 1 unspecified atom stereocenters. The molecule has 0 spiro atoms. The normalized spacial score (nSPS) is 14.1. The van der Waals surface area contributed by atoms with E-state index >= 15 is 0 Å². The largest absolute Gasteiger partial charge is 0.388 e. The van der Waals surface area contributed by atoms with Crippen molar-refractivity contribution in [1.29, 1.82) is 0 Å². The quantitative estimate of drug-likeness (QED) is 0.836. The average molecular weight is 226 g/mol. The third-order valence-electron chi connectivity index (χ3n) is 2.28. The topological polar surface area (TPSA) is 47.3 Å². The van der Waals surface area contributed by atoms with Crippen molar-refractivity contribution in [3.63, 3.8) is 0 Å². The maximum absolute atomic E-state index is 9.61. The highest BCUT2D eigenvalue weighted by Gasteiger charge is 2.10. The first-order valence-corrected chi connectivity index (χ1v) is 5.77. The van der Waals surface area contributed by atoms with Crippen molar-refractivity contribution in [3.05, 3.63) is 18.0 Å². The van der Waals surface area contributed by atoms with Gasteiger partial charge in [0.15, 0.2) is 0 Å². The van der Waals surface area contributed by atoms with Gasteiger partial charge in [-0.3, -0.25) is 4.68 Å². The Morgan fingerprint density at radius 2 is 2.19 bits per heavy atom. The molecule has 0 saturated heterocycles. The fraction of sp³-hybridized carbons (Fsp3) is 0.750. The summed E-state index contributed by atoms with van der Waals surface area (Å²) in [7, 11) is 0. The van der Waals surface area contributed by atoms with Crippen LogP contribution in [0.5, 0.6) is 0 Å². The molecule has 92 valence electrons. The van der Waals surface area contributed by atoms with Crippen LogP contribution in [0.25, 0.3) is 0 Å². The molecule has 1 atom stereocenters. The molecule has 0 aliphatic heterocycles.